The highest BCUT2D eigenvalue weighted by Gasteiger charge is 2.17. The van der Waals surface area contributed by atoms with Gasteiger partial charge in [-0.2, -0.15) is 0 Å². The summed E-state index contributed by atoms with van der Waals surface area (Å²) >= 11 is 5.92. The average Bonchev–Trinajstić information content (AvgIpc) is 2.55. The molecule has 5 heteroatoms. The van der Waals surface area contributed by atoms with Gasteiger partial charge in [0.2, 0.25) is 5.43 Å². The van der Waals surface area contributed by atoms with Gasteiger partial charge in [0.1, 0.15) is 5.56 Å². The van der Waals surface area contributed by atoms with Crippen LogP contribution in [-0.2, 0) is 6.54 Å². The van der Waals surface area contributed by atoms with Crippen LogP contribution in [0.1, 0.15) is 15.9 Å². The Labute approximate surface area is 138 Å². The van der Waals surface area contributed by atoms with E-state index in [1.165, 1.54) is 11.1 Å². The lowest BCUT2D eigenvalue weighted by Crippen LogP contribution is -2.30. The minimum absolute atomic E-state index is 0.123. The number of aromatic amines is 1. The second kappa shape index (κ2) is 6.26. The number of hydrogen-bond acceptors (Lipinski definition) is 2. The van der Waals surface area contributed by atoms with Crippen LogP contribution in [0.5, 0.6) is 0 Å². The van der Waals surface area contributed by atoms with E-state index in [4.69, 9.17) is 11.6 Å². The van der Waals surface area contributed by atoms with Crippen LogP contribution in [0.25, 0.3) is 10.9 Å². The molecule has 116 valence electrons. The average molecular weight is 327 g/mol. The Bertz CT molecular complexity index is 919. The SMILES string of the molecule is CN(Cc1ccccc1)C(=O)c1c[nH]c2cc(Cl)ccc2c1=O. The number of benzene rings is 2. The fraction of sp³-hybridized carbons (Fsp3) is 0.111. The first-order valence-electron chi connectivity index (χ1n) is 7.16. The minimum Gasteiger partial charge on any atom is -0.360 e. The lowest BCUT2D eigenvalue weighted by Gasteiger charge is -2.17. The third-order valence-electron chi connectivity index (χ3n) is 3.68. The van der Waals surface area contributed by atoms with Crippen molar-refractivity contribution < 1.29 is 4.79 Å². The molecule has 0 atom stereocenters. The zero-order chi connectivity index (χ0) is 16.4. The van der Waals surface area contributed by atoms with Crippen molar-refractivity contribution in [1.29, 1.82) is 0 Å². The van der Waals surface area contributed by atoms with Gasteiger partial charge >= 0.3 is 0 Å². The van der Waals surface area contributed by atoms with E-state index >= 15 is 0 Å². The molecule has 1 amide bonds. The van der Waals surface area contributed by atoms with Crippen molar-refractivity contribution in [2.24, 2.45) is 0 Å². The predicted molar refractivity (Wildman–Crippen MR) is 91.8 cm³/mol. The van der Waals surface area contributed by atoms with Crippen molar-refractivity contribution in [3.05, 3.63) is 81.1 Å². The number of aromatic nitrogens is 1. The van der Waals surface area contributed by atoms with Crippen molar-refractivity contribution >= 4 is 28.4 Å². The maximum atomic E-state index is 12.6. The third-order valence-corrected chi connectivity index (χ3v) is 3.92. The van der Waals surface area contributed by atoms with Crippen LogP contribution in [0, 0.1) is 0 Å². The van der Waals surface area contributed by atoms with Gasteiger partial charge in [0.15, 0.2) is 0 Å². The molecule has 0 saturated heterocycles. The fourth-order valence-corrected chi connectivity index (χ4v) is 2.66. The summed E-state index contributed by atoms with van der Waals surface area (Å²) in [7, 11) is 1.68. The molecule has 0 bridgehead atoms. The molecular weight excluding hydrogens is 312 g/mol. The molecule has 0 fully saturated rings. The fourth-order valence-electron chi connectivity index (χ4n) is 2.49. The quantitative estimate of drug-likeness (QED) is 0.801. The van der Waals surface area contributed by atoms with Crippen LogP contribution in [0.3, 0.4) is 0 Å². The summed E-state index contributed by atoms with van der Waals surface area (Å²) in [6.45, 7) is 0.442. The van der Waals surface area contributed by atoms with Crippen molar-refractivity contribution in [3.63, 3.8) is 0 Å². The molecule has 1 aromatic heterocycles. The largest absolute Gasteiger partial charge is 0.360 e. The van der Waals surface area contributed by atoms with E-state index in [2.05, 4.69) is 4.98 Å². The summed E-state index contributed by atoms with van der Waals surface area (Å²) in [6.07, 6.45) is 1.45. The van der Waals surface area contributed by atoms with Crippen LogP contribution in [0.15, 0.2) is 59.5 Å². The van der Waals surface area contributed by atoms with Gasteiger partial charge in [-0.1, -0.05) is 41.9 Å². The van der Waals surface area contributed by atoms with Crippen LogP contribution < -0.4 is 5.43 Å². The summed E-state index contributed by atoms with van der Waals surface area (Å²) in [5.74, 6) is -0.313. The smallest absolute Gasteiger partial charge is 0.259 e. The first-order chi connectivity index (χ1) is 11.1. The summed E-state index contributed by atoms with van der Waals surface area (Å²) in [5.41, 5.74) is 1.45. The van der Waals surface area contributed by atoms with Crippen LogP contribution in [0.2, 0.25) is 5.02 Å². The molecule has 2 aromatic carbocycles. The molecule has 0 saturated carbocycles. The molecule has 0 aliphatic heterocycles. The zero-order valence-electron chi connectivity index (χ0n) is 12.5. The van der Waals surface area contributed by atoms with E-state index in [-0.39, 0.29) is 16.9 Å². The van der Waals surface area contributed by atoms with E-state index < -0.39 is 0 Å². The highest BCUT2D eigenvalue weighted by atomic mass is 35.5. The molecular formula is C18H15ClN2O2. The monoisotopic (exact) mass is 326 g/mol. The summed E-state index contributed by atoms with van der Waals surface area (Å²) in [6, 6.07) is 14.6. The Morgan fingerprint density at radius 1 is 1.17 bits per heavy atom. The van der Waals surface area contributed by atoms with Gasteiger partial charge in [0, 0.05) is 30.2 Å². The van der Waals surface area contributed by atoms with Gasteiger partial charge in [-0.25, -0.2) is 0 Å². The molecule has 0 unspecified atom stereocenters. The summed E-state index contributed by atoms with van der Waals surface area (Å²) in [4.78, 5) is 29.6. The van der Waals surface area contributed by atoms with Gasteiger partial charge in [0.05, 0.1) is 5.52 Å². The Kier molecular flexibility index (Phi) is 4.17. The number of carbonyl (C=O) groups is 1. The first kappa shape index (κ1) is 15.3. The van der Waals surface area contributed by atoms with Crippen molar-refractivity contribution in [1.82, 2.24) is 9.88 Å². The molecule has 0 spiro atoms. The van der Waals surface area contributed by atoms with Crippen molar-refractivity contribution in [2.45, 2.75) is 6.54 Å². The van der Waals surface area contributed by atoms with Crippen molar-refractivity contribution in [3.8, 4) is 0 Å². The zero-order valence-corrected chi connectivity index (χ0v) is 13.3. The van der Waals surface area contributed by atoms with E-state index in [1.807, 2.05) is 30.3 Å². The molecule has 1 N–H and O–H groups in total. The normalized spacial score (nSPS) is 10.7. The van der Waals surface area contributed by atoms with Crippen LogP contribution in [0.4, 0.5) is 0 Å². The van der Waals surface area contributed by atoms with Gasteiger partial charge in [-0.3, -0.25) is 9.59 Å². The Hall–Kier alpha value is -2.59. The number of carbonyl (C=O) groups excluding carboxylic acids is 1. The second-order valence-electron chi connectivity index (χ2n) is 5.37. The van der Waals surface area contributed by atoms with Crippen molar-refractivity contribution in [2.75, 3.05) is 7.05 Å². The molecule has 0 aliphatic rings. The number of hydrogen-bond donors (Lipinski definition) is 1. The highest BCUT2D eigenvalue weighted by Crippen LogP contribution is 2.15. The molecule has 3 rings (SSSR count). The first-order valence-corrected chi connectivity index (χ1v) is 7.54. The number of halogens is 1. The number of nitrogens with one attached hydrogen (secondary N) is 1. The molecule has 0 radical (unpaired) electrons. The third kappa shape index (κ3) is 3.12. The number of nitrogens with zero attached hydrogens (tertiary/aromatic N) is 1. The Balaban J connectivity index is 1.93. The van der Waals surface area contributed by atoms with E-state index in [0.29, 0.717) is 22.5 Å². The van der Waals surface area contributed by atoms with Gasteiger partial charge in [-0.15, -0.1) is 0 Å². The molecule has 23 heavy (non-hydrogen) atoms. The highest BCUT2D eigenvalue weighted by molar-refractivity contribution is 6.31. The minimum atomic E-state index is -0.313. The van der Waals surface area contributed by atoms with E-state index in [0.717, 1.165) is 5.56 Å². The Morgan fingerprint density at radius 2 is 1.91 bits per heavy atom. The maximum Gasteiger partial charge on any atom is 0.259 e. The standard InChI is InChI=1S/C18H15ClN2O2/c1-21(11-12-5-3-2-4-6-12)18(23)15-10-20-16-9-13(19)7-8-14(16)17(15)22/h2-10H,11H2,1H3,(H,20,22). The van der Waals surface area contributed by atoms with Crippen LogP contribution in [-0.4, -0.2) is 22.8 Å². The maximum absolute atomic E-state index is 12.6. The number of H-pyrrole nitrogens is 1. The molecule has 0 aliphatic carbocycles. The van der Waals surface area contributed by atoms with Crippen LogP contribution >= 0.6 is 11.6 Å². The number of fused-ring (bicyclic) bond motifs is 1. The number of pyridine rings is 1. The van der Waals surface area contributed by atoms with E-state index in [9.17, 15) is 9.59 Å². The lowest BCUT2D eigenvalue weighted by atomic mass is 10.1. The lowest BCUT2D eigenvalue weighted by molar-refractivity contribution is 0.0783. The number of rotatable bonds is 3. The van der Waals surface area contributed by atoms with Gasteiger partial charge in [0.25, 0.3) is 5.91 Å². The molecule has 4 nitrogen and oxygen atoms in total. The second-order valence-corrected chi connectivity index (χ2v) is 5.80. The molecule has 1 heterocycles. The summed E-state index contributed by atoms with van der Waals surface area (Å²) in [5, 5.41) is 0.988. The summed E-state index contributed by atoms with van der Waals surface area (Å²) < 4.78 is 0. The Morgan fingerprint density at radius 3 is 2.65 bits per heavy atom. The topological polar surface area (TPSA) is 53.2 Å². The van der Waals surface area contributed by atoms with Gasteiger partial charge < -0.3 is 9.88 Å². The predicted octanol–water partition coefficient (Wildman–Crippen LogP) is 3.45. The van der Waals surface area contributed by atoms with E-state index in [1.54, 1.807) is 25.2 Å². The number of amides is 1. The van der Waals surface area contributed by atoms with Gasteiger partial charge in [-0.05, 0) is 23.8 Å². The molecule has 3 aromatic rings.